The molecule has 3 aromatic rings. The number of likely N-dealkylation sites (tertiary alicyclic amines) is 2. The van der Waals surface area contributed by atoms with Crippen LogP contribution in [-0.4, -0.2) is 102 Å². The van der Waals surface area contributed by atoms with Crippen molar-refractivity contribution in [2.24, 2.45) is 16.8 Å². The van der Waals surface area contributed by atoms with Crippen molar-refractivity contribution in [1.82, 2.24) is 19.6 Å². The molecule has 0 N–H and O–H groups in total. The molecule has 3 fully saturated rings. The number of likely N-dealkylation sites (N-methyl/N-ethyl adjacent to an activating group) is 1. The molecular formula is C36H43N5O3S. The Morgan fingerprint density at radius 1 is 0.933 bits per heavy atom. The largest absolute Gasteiger partial charge is 0.342 e. The zero-order valence-corrected chi connectivity index (χ0v) is 27.7. The number of carbonyl (C=O) groups is 3. The van der Waals surface area contributed by atoms with E-state index >= 15 is 0 Å². The predicted octanol–water partition coefficient (Wildman–Crippen LogP) is 4.96. The number of aliphatic imine (C=N–C) groups is 1. The third-order valence-electron chi connectivity index (χ3n) is 10.2. The molecule has 2 saturated heterocycles. The molecule has 0 bridgehead atoms. The van der Waals surface area contributed by atoms with Crippen molar-refractivity contribution in [2.45, 2.75) is 51.5 Å². The maximum Gasteiger partial charge on any atom is 0.256 e. The van der Waals surface area contributed by atoms with E-state index in [1.807, 2.05) is 45.0 Å². The first-order chi connectivity index (χ1) is 21.6. The van der Waals surface area contributed by atoms with Crippen LogP contribution in [0.2, 0.25) is 0 Å². The van der Waals surface area contributed by atoms with Crippen molar-refractivity contribution in [1.29, 1.82) is 0 Å². The van der Waals surface area contributed by atoms with Crippen molar-refractivity contribution >= 4 is 45.0 Å². The van der Waals surface area contributed by atoms with Crippen LogP contribution in [0.5, 0.6) is 0 Å². The van der Waals surface area contributed by atoms with Gasteiger partial charge >= 0.3 is 0 Å². The average molecular weight is 626 g/mol. The van der Waals surface area contributed by atoms with Gasteiger partial charge < -0.3 is 14.7 Å². The molecule has 7 rings (SSSR count). The third kappa shape index (κ3) is 5.69. The number of nitrogens with zero attached hydrogens (tertiary/aromatic N) is 5. The lowest BCUT2D eigenvalue weighted by molar-refractivity contribution is -0.138. The molecule has 4 heterocycles. The predicted molar refractivity (Wildman–Crippen MR) is 179 cm³/mol. The monoisotopic (exact) mass is 625 g/mol. The molecular weight excluding hydrogens is 582 g/mol. The Balaban J connectivity index is 1.15. The Morgan fingerprint density at radius 2 is 1.62 bits per heavy atom. The highest BCUT2D eigenvalue weighted by Crippen LogP contribution is 2.38. The molecule has 3 amide bonds. The number of rotatable bonds is 7. The van der Waals surface area contributed by atoms with Crippen molar-refractivity contribution < 1.29 is 14.4 Å². The summed E-state index contributed by atoms with van der Waals surface area (Å²) < 4.78 is 1.31. The molecule has 45 heavy (non-hydrogen) atoms. The smallest absolute Gasteiger partial charge is 0.256 e. The molecule has 8 nitrogen and oxygen atoms in total. The van der Waals surface area contributed by atoms with Crippen LogP contribution < -0.4 is 0 Å². The van der Waals surface area contributed by atoms with Crippen molar-refractivity contribution in [2.75, 3.05) is 53.4 Å². The van der Waals surface area contributed by atoms with E-state index < -0.39 is 5.54 Å². The van der Waals surface area contributed by atoms with Crippen LogP contribution in [0.15, 0.2) is 47.5 Å². The molecule has 1 atom stereocenters. The molecule has 0 radical (unpaired) electrons. The summed E-state index contributed by atoms with van der Waals surface area (Å²) >= 11 is 1.84. The van der Waals surface area contributed by atoms with E-state index in [9.17, 15) is 14.4 Å². The van der Waals surface area contributed by atoms with Crippen LogP contribution >= 0.6 is 11.3 Å². The van der Waals surface area contributed by atoms with Crippen LogP contribution in [-0.2, 0) is 14.4 Å². The number of aryl methyl sites for hydroxylation is 2. The fraction of sp³-hybridized carbons (Fsp3) is 0.500. The third-order valence-corrected chi connectivity index (χ3v) is 11.4. The molecule has 4 aliphatic rings. The maximum absolute atomic E-state index is 14.3. The second-order valence-corrected chi connectivity index (χ2v) is 15.0. The number of thiophene rings is 1. The van der Waals surface area contributed by atoms with Gasteiger partial charge in [-0.3, -0.25) is 24.3 Å². The van der Waals surface area contributed by atoms with E-state index in [4.69, 9.17) is 4.99 Å². The number of benzene rings is 2. The number of hydrogen-bond donors (Lipinski definition) is 0. The van der Waals surface area contributed by atoms with Gasteiger partial charge in [-0.05, 0) is 100 Å². The quantitative estimate of drug-likeness (QED) is 0.372. The standard InChI is InChI=1S/C36H43N5O3S/c1-23-24(2)45-31-12-11-29(19-30(23)31)26-5-7-27(8-6-26)33-37-36(14-17-39(18-15-36)32(42)22-38(3)4)35(44)41(33)21-25-13-16-40(20-25)34(43)28-9-10-28/h5-8,11-12,19,25,28H,9-10,13-18,20-22H2,1-4H3. The highest BCUT2D eigenvalue weighted by Gasteiger charge is 2.51. The SMILES string of the molecule is Cc1sc2ccc(-c3ccc(C4=NC5(CCN(C(=O)CN(C)C)CC5)C(=O)N4CC4CCN(C(=O)C5CC5)C4)cc3)cc2c1C. The fourth-order valence-corrected chi connectivity index (χ4v) is 8.28. The average Bonchev–Trinajstić information content (AvgIpc) is 3.64. The maximum atomic E-state index is 14.3. The van der Waals surface area contributed by atoms with Gasteiger partial charge in [0, 0.05) is 53.8 Å². The number of amides is 3. The topological polar surface area (TPSA) is 76.5 Å². The van der Waals surface area contributed by atoms with Crippen LogP contribution in [0.3, 0.4) is 0 Å². The molecule has 3 aliphatic heterocycles. The first kappa shape index (κ1) is 30.1. The molecule has 236 valence electrons. The van der Waals surface area contributed by atoms with Crippen LogP contribution in [0.4, 0.5) is 0 Å². The zero-order valence-electron chi connectivity index (χ0n) is 26.8. The van der Waals surface area contributed by atoms with Gasteiger partial charge in [-0.25, -0.2) is 0 Å². The Labute approximate surface area is 269 Å². The van der Waals surface area contributed by atoms with E-state index in [1.165, 1.54) is 26.1 Å². The second-order valence-electron chi connectivity index (χ2n) is 13.8. The van der Waals surface area contributed by atoms with Crippen LogP contribution in [0, 0.1) is 25.7 Å². The number of piperidine rings is 1. The fourth-order valence-electron chi connectivity index (χ4n) is 7.23. The summed E-state index contributed by atoms with van der Waals surface area (Å²) in [5, 5.41) is 1.30. The van der Waals surface area contributed by atoms with Gasteiger partial charge in [-0.15, -0.1) is 11.3 Å². The molecule has 9 heteroatoms. The van der Waals surface area contributed by atoms with E-state index in [0.717, 1.165) is 42.8 Å². The molecule has 1 spiro atoms. The Hall–Kier alpha value is -3.56. The van der Waals surface area contributed by atoms with Crippen molar-refractivity contribution in [3.05, 3.63) is 58.5 Å². The number of carbonyl (C=O) groups excluding carboxylic acids is 3. The summed E-state index contributed by atoms with van der Waals surface area (Å²) in [6.45, 7) is 7.82. The lowest BCUT2D eigenvalue weighted by atomic mass is 9.87. The van der Waals surface area contributed by atoms with E-state index in [0.29, 0.717) is 45.6 Å². The minimum Gasteiger partial charge on any atom is -0.342 e. The van der Waals surface area contributed by atoms with Crippen LogP contribution in [0.25, 0.3) is 21.2 Å². The van der Waals surface area contributed by atoms with E-state index in [-0.39, 0.29) is 29.6 Å². The van der Waals surface area contributed by atoms with Gasteiger partial charge in [0.25, 0.3) is 5.91 Å². The lowest BCUT2D eigenvalue weighted by Gasteiger charge is -2.37. The first-order valence-corrected chi connectivity index (χ1v) is 17.2. The Kier molecular flexibility index (Phi) is 7.80. The minimum atomic E-state index is -0.843. The van der Waals surface area contributed by atoms with Gasteiger partial charge in [-0.2, -0.15) is 0 Å². The second kappa shape index (κ2) is 11.7. The van der Waals surface area contributed by atoms with Gasteiger partial charge in [-0.1, -0.05) is 30.3 Å². The molecule has 1 saturated carbocycles. The van der Waals surface area contributed by atoms with Gasteiger partial charge in [0.1, 0.15) is 11.4 Å². The van der Waals surface area contributed by atoms with Gasteiger partial charge in [0.15, 0.2) is 0 Å². The number of hydrogen-bond acceptors (Lipinski definition) is 6. The summed E-state index contributed by atoms with van der Waals surface area (Å²) in [5.74, 6) is 1.58. The molecule has 1 unspecified atom stereocenters. The summed E-state index contributed by atoms with van der Waals surface area (Å²) in [5.41, 5.74) is 3.74. The van der Waals surface area contributed by atoms with Crippen molar-refractivity contribution in [3.8, 4) is 11.1 Å². The molecule has 1 aliphatic carbocycles. The lowest BCUT2D eigenvalue weighted by Crippen LogP contribution is -2.53. The Bertz CT molecular complexity index is 1680. The molecule has 1 aromatic heterocycles. The number of fused-ring (bicyclic) bond motifs is 1. The van der Waals surface area contributed by atoms with Crippen LogP contribution in [0.1, 0.15) is 48.1 Å². The van der Waals surface area contributed by atoms with E-state index in [1.54, 1.807) is 0 Å². The van der Waals surface area contributed by atoms with E-state index in [2.05, 4.69) is 56.3 Å². The zero-order chi connectivity index (χ0) is 31.5. The highest BCUT2D eigenvalue weighted by molar-refractivity contribution is 7.19. The van der Waals surface area contributed by atoms with Gasteiger partial charge in [0.05, 0.1) is 6.54 Å². The number of amidine groups is 1. The Morgan fingerprint density at radius 3 is 2.31 bits per heavy atom. The van der Waals surface area contributed by atoms with Gasteiger partial charge in [0.2, 0.25) is 11.8 Å². The summed E-state index contributed by atoms with van der Waals surface area (Å²) in [4.78, 5) is 54.1. The normalized spacial score (nSPS) is 21.4. The van der Waals surface area contributed by atoms with Crippen molar-refractivity contribution in [3.63, 3.8) is 0 Å². The summed E-state index contributed by atoms with van der Waals surface area (Å²) in [6, 6.07) is 15.1. The summed E-state index contributed by atoms with van der Waals surface area (Å²) in [6.07, 6.45) is 3.97. The highest BCUT2D eigenvalue weighted by atomic mass is 32.1. The molecule has 2 aromatic carbocycles. The first-order valence-electron chi connectivity index (χ1n) is 16.4. The summed E-state index contributed by atoms with van der Waals surface area (Å²) in [7, 11) is 3.79. The minimum absolute atomic E-state index is 0.0435.